The number of carbonyl (C=O) groups excluding carboxylic acids is 1. The van der Waals surface area contributed by atoms with Gasteiger partial charge in [-0.1, -0.05) is 18.5 Å². The van der Waals surface area contributed by atoms with Crippen molar-refractivity contribution in [3.8, 4) is 0 Å². The molecule has 2 unspecified atom stereocenters. The van der Waals surface area contributed by atoms with E-state index in [1.165, 1.54) is 12.1 Å². The summed E-state index contributed by atoms with van der Waals surface area (Å²) in [7, 11) is -7.62. The highest BCUT2D eigenvalue weighted by molar-refractivity contribution is 7.92. The molecule has 0 saturated heterocycles. The van der Waals surface area contributed by atoms with E-state index in [4.69, 9.17) is 11.6 Å². The van der Waals surface area contributed by atoms with Crippen LogP contribution in [-0.4, -0.2) is 50.5 Å². The van der Waals surface area contributed by atoms with Crippen LogP contribution in [0.25, 0.3) is 0 Å². The van der Waals surface area contributed by atoms with Crippen LogP contribution >= 0.6 is 11.6 Å². The molecule has 0 radical (unpaired) electrons. The Labute approximate surface area is 228 Å². The highest BCUT2D eigenvalue weighted by Crippen LogP contribution is 2.59. The van der Waals surface area contributed by atoms with Gasteiger partial charge in [0, 0.05) is 29.9 Å². The summed E-state index contributed by atoms with van der Waals surface area (Å²) in [6.07, 6.45) is 1.30. The number of halogens is 4. The number of fused-ring (bicyclic) bond motifs is 2. The van der Waals surface area contributed by atoms with E-state index in [0.717, 1.165) is 6.07 Å². The van der Waals surface area contributed by atoms with Crippen molar-refractivity contribution in [2.24, 2.45) is 17.8 Å². The molecule has 0 aromatic heterocycles. The lowest BCUT2D eigenvalue weighted by molar-refractivity contribution is -0.211. The number of nitrogens with one attached hydrogen (secondary N) is 2. The maximum atomic E-state index is 13.6. The van der Waals surface area contributed by atoms with E-state index in [-0.39, 0.29) is 46.5 Å². The lowest BCUT2D eigenvalue weighted by Crippen LogP contribution is -2.70. The van der Waals surface area contributed by atoms with Gasteiger partial charge in [0.05, 0.1) is 26.0 Å². The average molecular weight is 607 g/mol. The summed E-state index contributed by atoms with van der Waals surface area (Å²) >= 11 is 6.21. The Morgan fingerprint density at radius 1 is 1.03 bits per heavy atom. The second-order valence-electron chi connectivity index (χ2n) is 10.6. The molecular formula is C25H26ClF3N2O6S2. The van der Waals surface area contributed by atoms with Crippen LogP contribution in [0.1, 0.15) is 43.0 Å². The molecule has 3 N–H and O–H groups in total. The fourth-order valence-electron chi connectivity index (χ4n) is 5.95. The Morgan fingerprint density at radius 2 is 1.62 bits per heavy atom. The minimum absolute atomic E-state index is 0.0176. The van der Waals surface area contributed by atoms with Gasteiger partial charge in [-0.25, -0.2) is 34.7 Å². The lowest BCUT2D eigenvalue weighted by Gasteiger charge is -2.62. The second-order valence-corrected chi connectivity index (χ2v) is 15.3. The van der Waals surface area contributed by atoms with Crippen molar-refractivity contribution >= 4 is 43.1 Å². The maximum absolute atomic E-state index is 13.6. The Morgan fingerprint density at radius 3 is 2.18 bits per heavy atom. The summed E-state index contributed by atoms with van der Waals surface area (Å²) in [5.74, 6) is -6.55. The lowest BCUT2D eigenvalue weighted by atomic mass is 9.48. The minimum Gasteiger partial charge on any atom is -0.388 e. The van der Waals surface area contributed by atoms with Crippen molar-refractivity contribution in [3.05, 3.63) is 58.4 Å². The van der Waals surface area contributed by atoms with E-state index in [1.807, 2.05) is 6.92 Å². The zero-order chi connectivity index (χ0) is 28.5. The van der Waals surface area contributed by atoms with Gasteiger partial charge in [0.1, 0.15) is 0 Å². The summed E-state index contributed by atoms with van der Waals surface area (Å²) in [6.45, 7) is 1.71. The number of carbonyl (C=O) groups is 1. The van der Waals surface area contributed by atoms with Crippen molar-refractivity contribution in [1.82, 2.24) is 4.72 Å². The first-order valence-corrected chi connectivity index (χ1v) is 15.8. The van der Waals surface area contributed by atoms with Crippen LogP contribution in [0, 0.1) is 35.2 Å². The van der Waals surface area contributed by atoms with Gasteiger partial charge in [0.2, 0.25) is 10.0 Å². The number of amides is 1. The predicted molar refractivity (Wildman–Crippen MR) is 137 cm³/mol. The van der Waals surface area contributed by atoms with Gasteiger partial charge in [-0.15, -0.1) is 0 Å². The van der Waals surface area contributed by atoms with E-state index in [2.05, 4.69) is 10.0 Å². The highest BCUT2D eigenvalue weighted by atomic mass is 35.5. The fraction of sp³-hybridized carbons (Fsp3) is 0.480. The maximum Gasteiger partial charge on any atom is 0.255 e. The smallest absolute Gasteiger partial charge is 0.255 e. The standard InChI is InChI=1S/C25H26ClF3N2O6S2/c1-12-17-9-16(10-18(12)25(17,33)11-30-39(36,37)15-3-4-15)38(34,35)22-6-13(2-5-19(22)26)24(32)31-14-7-20(27)23(29)21(28)8-14/h2,5-8,12,15-18,30,33H,3-4,9-11H2,1H3,(H,31,32)/t12-,16?,17?,18?,25+. The summed E-state index contributed by atoms with van der Waals surface area (Å²) in [4.78, 5) is 12.4. The van der Waals surface area contributed by atoms with E-state index in [9.17, 15) is 39.9 Å². The molecule has 1 amide bonds. The van der Waals surface area contributed by atoms with Crippen molar-refractivity contribution in [2.45, 2.75) is 53.6 Å². The van der Waals surface area contributed by atoms with Gasteiger partial charge < -0.3 is 10.4 Å². The number of sulfonamides is 1. The molecule has 14 heteroatoms. The normalized spacial score (nSPS) is 28.6. The van der Waals surface area contributed by atoms with Crippen molar-refractivity contribution in [1.29, 1.82) is 0 Å². The Hall–Kier alpha value is -2.19. The van der Waals surface area contributed by atoms with Crippen LogP contribution in [0.2, 0.25) is 5.02 Å². The molecule has 0 spiro atoms. The third kappa shape index (κ3) is 4.96. The van der Waals surface area contributed by atoms with Crippen molar-refractivity contribution in [3.63, 3.8) is 0 Å². The summed E-state index contributed by atoms with van der Waals surface area (Å²) in [5, 5.41) is 12.0. The van der Waals surface area contributed by atoms with Crippen LogP contribution < -0.4 is 10.0 Å². The second kappa shape index (κ2) is 9.72. The van der Waals surface area contributed by atoms with Gasteiger partial charge >= 0.3 is 0 Å². The number of sulfone groups is 1. The summed E-state index contributed by atoms with van der Waals surface area (Å²) < 4.78 is 94.5. The molecule has 212 valence electrons. The molecule has 39 heavy (non-hydrogen) atoms. The van der Waals surface area contributed by atoms with E-state index in [0.29, 0.717) is 25.0 Å². The van der Waals surface area contributed by atoms with Crippen LogP contribution in [0.15, 0.2) is 35.2 Å². The zero-order valence-electron chi connectivity index (χ0n) is 20.6. The van der Waals surface area contributed by atoms with Gasteiger partial charge in [0.15, 0.2) is 27.3 Å². The summed E-state index contributed by atoms with van der Waals surface area (Å²) in [6, 6.07) is 4.68. The quantitative estimate of drug-likeness (QED) is 0.394. The van der Waals surface area contributed by atoms with Gasteiger partial charge in [0.25, 0.3) is 5.91 Å². The molecule has 8 nitrogen and oxygen atoms in total. The van der Waals surface area contributed by atoms with Crippen molar-refractivity contribution < 1.29 is 39.9 Å². The number of anilines is 1. The monoisotopic (exact) mass is 606 g/mol. The van der Waals surface area contributed by atoms with Gasteiger partial charge in [-0.3, -0.25) is 4.79 Å². The van der Waals surface area contributed by atoms with Crippen LogP contribution in [-0.2, 0) is 19.9 Å². The third-order valence-corrected chi connectivity index (χ3v) is 12.8. The fourth-order valence-corrected chi connectivity index (χ4v) is 9.73. The topological polar surface area (TPSA) is 130 Å². The number of hydrogen-bond acceptors (Lipinski definition) is 6. The Bertz CT molecular complexity index is 1530. The first-order valence-electron chi connectivity index (χ1n) is 12.4. The first-order chi connectivity index (χ1) is 18.1. The van der Waals surface area contributed by atoms with Crippen LogP contribution in [0.4, 0.5) is 18.9 Å². The average Bonchev–Trinajstić information content (AvgIpc) is 3.73. The minimum atomic E-state index is -4.09. The van der Waals surface area contributed by atoms with E-state index >= 15 is 0 Å². The van der Waals surface area contributed by atoms with E-state index in [1.54, 1.807) is 0 Å². The molecule has 2 aromatic rings. The number of rotatable bonds is 8. The van der Waals surface area contributed by atoms with Gasteiger partial charge in [-0.2, -0.15) is 0 Å². The third-order valence-electron chi connectivity index (χ3n) is 8.29. The van der Waals surface area contributed by atoms with Crippen LogP contribution in [0.5, 0.6) is 0 Å². The summed E-state index contributed by atoms with van der Waals surface area (Å²) in [5.41, 5.74) is -1.89. The number of aliphatic hydroxyl groups is 1. The molecule has 6 rings (SSSR count). The molecule has 4 fully saturated rings. The molecule has 2 atom stereocenters. The molecule has 0 aliphatic heterocycles. The Balaban J connectivity index is 1.33. The first kappa shape index (κ1) is 28.3. The molecule has 0 heterocycles. The SMILES string of the molecule is C[C@H]1C2CC(S(=O)(=O)c3cc(C(=O)Nc4cc(F)c(F)c(F)c4)ccc3Cl)CC1[C@@]2(O)CNS(=O)(=O)C1CC1. The number of hydrogen-bond donors (Lipinski definition) is 3. The number of benzene rings is 2. The van der Waals surface area contributed by atoms with Crippen LogP contribution in [0.3, 0.4) is 0 Å². The molecule has 4 aliphatic carbocycles. The van der Waals surface area contributed by atoms with E-state index < -0.39 is 71.2 Å². The predicted octanol–water partition coefficient (Wildman–Crippen LogP) is 3.64. The Kier molecular flexibility index (Phi) is 7.06. The van der Waals surface area contributed by atoms with Crippen molar-refractivity contribution in [2.75, 3.05) is 11.9 Å². The molecule has 2 bridgehead atoms. The largest absolute Gasteiger partial charge is 0.388 e. The van der Waals surface area contributed by atoms with Gasteiger partial charge in [-0.05, 0) is 61.6 Å². The molecule has 4 saturated carbocycles. The molecular weight excluding hydrogens is 581 g/mol. The molecule has 2 aromatic carbocycles. The highest BCUT2D eigenvalue weighted by Gasteiger charge is 2.64. The zero-order valence-corrected chi connectivity index (χ0v) is 23.0. The molecule has 4 aliphatic rings.